The molecule has 19 heavy (non-hydrogen) atoms. The van der Waals surface area contributed by atoms with Gasteiger partial charge in [0.1, 0.15) is 5.75 Å². The van der Waals surface area contributed by atoms with Crippen molar-refractivity contribution in [2.24, 2.45) is 0 Å². The van der Waals surface area contributed by atoms with Crippen LogP contribution in [-0.4, -0.2) is 41.5 Å². The van der Waals surface area contributed by atoms with Crippen LogP contribution >= 0.6 is 24.0 Å². The topological polar surface area (TPSA) is 32.8 Å². The van der Waals surface area contributed by atoms with Crippen LogP contribution in [-0.2, 0) is 4.79 Å². The Balaban J connectivity index is 2.24. The molecule has 0 aliphatic carbocycles. The van der Waals surface area contributed by atoms with E-state index < -0.39 is 0 Å². The highest BCUT2D eigenvalue weighted by Crippen LogP contribution is 2.32. The maximum absolute atomic E-state index is 12.2. The summed E-state index contributed by atoms with van der Waals surface area (Å²) < 4.78 is 5.65. The van der Waals surface area contributed by atoms with Crippen LogP contribution in [0, 0.1) is 0 Å². The molecule has 100 valence electrons. The van der Waals surface area contributed by atoms with Crippen LogP contribution in [0.3, 0.4) is 0 Å². The predicted molar refractivity (Wildman–Crippen MR) is 81.7 cm³/mol. The van der Waals surface area contributed by atoms with Crippen molar-refractivity contribution in [1.29, 1.82) is 0 Å². The highest BCUT2D eigenvalue weighted by molar-refractivity contribution is 8.26. The molecule has 6 heteroatoms. The number of thiocarbonyl (C=S) groups is 1. The lowest BCUT2D eigenvalue weighted by atomic mass is 10.2. The van der Waals surface area contributed by atoms with E-state index >= 15 is 0 Å². The third kappa shape index (κ3) is 2.97. The van der Waals surface area contributed by atoms with E-state index in [0.29, 0.717) is 9.23 Å². The molecule has 1 saturated heterocycles. The first-order chi connectivity index (χ1) is 9.02. The lowest BCUT2D eigenvalue weighted by Gasteiger charge is -2.21. The Labute approximate surface area is 122 Å². The Morgan fingerprint density at radius 1 is 1.32 bits per heavy atom. The molecule has 1 heterocycles. The van der Waals surface area contributed by atoms with Crippen molar-refractivity contribution in [2.75, 3.05) is 21.2 Å². The lowest BCUT2D eigenvalue weighted by Crippen LogP contribution is -2.39. The quantitative estimate of drug-likeness (QED) is 0.631. The highest BCUT2D eigenvalue weighted by Gasteiger charge is 2.33. The number of amides is 1. The van der Waals surface area contributed by atoms with Crippen molar-refractivity contribution in [3.05, 3.63) is 34.7 Å². The van der Waals surface area contributed by atoms with Crippen LogP contribution in [0.25, 0.3) is 6.08 Å². The van der Waals surface area contributed by atoms with E-state index in [-0.39, 0.29) is 5.91 Å². The van der Waals surface area contributed by atoms with Gasteiger partial charge in [-0.15, -0.1) is 0 Å². The zero-order valence-corrected chi connectivity index (χ0v) is 12.5. The van der Waals surface area contributed by atoms with Crippen LogP contribution in [0.1, 0.15) is 5.56 Å². The van der Waals surface area contributed by atoms with Gasteiger partial charge in [0, 0.05) is 14.1 Å². The van der Waals surface area contributed by atoms with Crippen molar-refractivity contribution in [3.8, 4) is 5.75 Å². The minimum atomic E-state index is -0.0872. The van der Waals surface area contributed by atoms with Crippen molar-refractivity contribution in [2.45, 2.75) is 0 Å². The fourth-order valence-corrected chi connectivity index (χ4v) is 3.06. The Morgan fingerprint density at radius 3 is 2.42 bits per heavy atom. The third-order valence-corrected chi connectivity index (χ3v) is 3.87. The van der Waals surface area contributed by atoms with Crippen LogP contribution < -0.4 is 4.74 Å². The number of ether oxygens (including phenoxy) is 1. The van der Waals surface area contributed by atoms with E-state index in [2.05, 4.69) is 0 Å². The molecule has 1 aliphatic heterocycles. The molecule has 0 bridgehead atoms. The van der Waals surface area contributed by atoms with E-state index in [1.807, 2.05) is 30.3 Å². The summed E-state index contributed by atoms with van der Waals surface area (Å²) in [5.74, 6) is 0.703. The zero-order chi connectivity index (χ0) is 14.0. The molecule has 0 aromatic heterocycles. The lowest BCUT2D eigenvalue weighted by molar-refractivity contribution is -0.130. The van der Waals surface area contributed by atoms with Gasteiger partial charge < -0.3 is 4.74 Å². The average molecular weight is 294 g/mol. The molecule has 1 aromatic rings. The van der Waals surface area contributed by atoms with Crippen LogP contribution in [0.15, 0.2) is 29.2 Å². The molecule has 0 N–H and O–H groups in total. The number of hydrogen-bond donors (Lipinski definition) is 0. The number of carbonyl (C=O) groups is 1. The second-order valence-electron chi connectivity index (χ2n) is 4.11. The number of rotatable bonds is 3. The van der Waals surface area contributed by atoms with Gasteiger partial charge in [0.25, 0.3) is 5.91 Å². The molecule has 0 radical (unpaired) electrons. The molecule has 0 atom stereocenters. The van der Waals surface area contributed by atoms with Crippen molar-refractivity contribution in [1.82, 2.24) is 10.0 Å². The number of carbonyl (C=O) groups excluding carboxylic acids is 1. The SMILES string of the molecule is COc1ccc(/C=C2/SC(=S)N(N(C)C)C2=O)cc1. The van der Waals surface area contributed by atoms with Gasteiger partial charge >= 0.3 is 0 Å². The van der Waals surface area contributed by atoms with Gasteiger partial charge in [-0.3, -0.25) is 4.79 Å². The highest BCUT2D eigenvalue weighted by atomic mass is 32.2. The molecule has 0 saturated carbocycles. The maximum atomic E-state index is 12.2. The Hall–Kier alpha value is -1.37. The molecule has 4 nitrogen and oxygen atoms in total. The van der Waals surface area contributed by atoms with E-state index in [1.54, 1.807) is 26.2 Å². The minimum absolute atomic E-state index is 0.0872. The van der Waals surface area contributed by atoms with Gasteiger partial charge in [-0.2, -0.15) is 0 Å². The molecule has 1 aliphatic rings. The molecule has 0 spiro atoms. The molecular formula is C13H14N2O2S2. The Kier molecular flexibility index (Phi) is 4.24. The van der Waals surface area contributed by atoms with Gasteiger partial charge in [0.05, 0.1) is 12.0 Å². The van der Waals surface area contributed by atoms with Crippen LogP contribution in [0.4, 0.5) is 0 Å². The number of hydrazine groups is 1. The number of hydrogen-bond acceptors (Lipinski definition) is 5. The zero-order valence-electron chi connectivity index (χ0n) is 10.9. The summed E-state index contributed by atoms with van der Waals surface area (Å²) in [6, 6.07) is 7.53. The summed E-state index contributed by atoms with van der Waals surface area (Å²) in [5.41, 5.74) is 0.944. The summed E-state index contributed by atoms with van der Waals surface area (Å²) >= 11 is 6.50. The predicted octanol–water partition coefficient (Wildman–Crippen LogP) is 2.37. The van der Waals surface area contributed by atoms with Gasteiger partial charge in [-0.05, 0) is 23.8 Å². The average Bonchev–Trinajstić information content (AvgIpc) is 2.65. The first kappa shape index (κ1) is 14.0. The van der Waals surface area contributed by atoms with Crippen molar-refractivity contribution < 1.29 is 9.53 Å². The fraction of sp³-hybridized carbons (Fsp3) is 0.231. The standard InChI is InChI=1S/C13H14N2O2S2/c1-14(2)15-12(16)11(19-13(15)18)8-9-4-6-10(17-3)7-5-9/h4-8H,1-3H3/b11-8+. The second-order valence-corrected chi connectivity index (χ2v) is 5.79. The summed E-state index contributed by atoms with van der Waals surface area (Å²) in [6.45, 7) is 0. The third-order valence-electron chi connectivity index (χ3n) is 2.59. The normalized spacial score (nSPS) is 17.7. The molecule has 2 rings (SSSR count). The first-order valence-electron chi connectivity index (χ1n) is 5.62. The second kappa shape index (κ2) is 5.73. The first-order valence-corrected chi connectivity index (χ1v) is 6.84. The molecule has 0 unspecified atom stereocenters. The van der Waals surface area contributed by atoms with Crippen molar-refractivity contribution >= 4 is 40.3 Å². The smallest absolute Gasteiger partial charge is 0.280 e. The fourth-order valence-electron chi connectivity index (χ4n) is 1.66. The number of thioether (sulfide) groups is 1. The summed E-state index contributed by atoms with van der Waals surface area (Å²) in [5, 5.41) is 3.17. The number of benzene rings is 1. The molecular weight excluding hydrogens is 280 g/mol. The Morgan fingerprint density at radius 2 is 1.95 bits per heavy atom. The summed E-state index contributed by atoms with van der Waals surface area (Å²) in [4.78, 5) is 12.8. The Bertz CT molecular complexity index is 538. The minimum Gasteiger partial charge on any atom is -0.497 e. The number of nitrogens with zero attached hydrogens (tertiary/aromatic N) is 2. The molecule has 1 amide bonds. The number of methoxy groups -OCH3 is 1. The van der Waals surface area contributed by atoms with Crippen LogP contribution in [0.2, 0.25) is 0 Å². The van der Waals surface area contributed by atoms with E-state index in [9.17, 15) is 4.79 Å². The monoisotopic (exact) mass is 294 g/mol. The van der Waals surface area contributed by atoms with Gasteiger partial charge in [-0.25, -0.2) is 10.0 Å². The summed E-state index contributed by atoms with van der Waals surface area (Å²) in [6.07, 6.45) is 1.84. The van der Waals surface area contributed by atoms with Gasteiger partial charge in [0.15, 0.2) is 4.32 Å². The van der Waals surface area contributed by atoms with Gasteiger partial charge in [-0.1, -0.05) is 36.1 Å². The van der Waals surface area contributed by atoms with Crippen molar-refractivity contribution in [3.63, 3.8) is 0 Å². The van der Waals surface area contributed by atoms with E-state index in [1.165, 1.54) is 16.8 Å². The van der Waals surface area contributed by atoms with E-state index in [0.717, 1.165) is 11.3 Å². The maximum Gasteiger partial charge on any atom is 0.280 e. The summed E-state index contributed by atoms with van der Waals surface area (Å²) in [7, 11) is 5.21. The van der Waals surface area contributed by atoms with Crippen LogP contribution in [0.5, 0.6) is 5.75 Å². The largest absolute Gasteiger partial charge is 0.497 e. The van der Waals surface area contributed by atoms with Gasteiger partial charge in [0.2, 0.25) is 0 Å². The molecule has 1 aromatic carbocycles. The van der Waals surface area contributed by atoms with E-state index in [4.69, 9.17) is 17.0 Å². The molecule has 1 fully saturated rings.